The summed E-state index contributed by atoms with van der Waals surface area (Å²) in [6.07, 6.45) is 1.17. The summed E-state index contributed by atoms with van der Waals surface area (Å²) in [7, 11) is -3.21. The molecule has 0 atom stereocenters. The molecule has 0 heterocycles. The lowest BCUT2D eigenvalue weighted by Crippen LogP contribution is -1.99. The predicted octanol–water partition coefficient (Wildman–Crippen LogP) is 4.39. The maximum Gasteiger partial charge on any atom is 0.175 e. The van der Waals surface area contributed by atoms with Gasteiger partial charge in [-0.25, -0.2) is 12.8 Å². The molecule has 0 fully saturated rings. The van der Waals surface area contributed by atoms with Crippen molar-refractivity contribution in [2.75, 3.05) is 6.26 Å². The zero-order valence-electron chi connectivity index (χ0n) is 14.8. The number of halogens is 1. The highest BCUT2D eigenvalue weighted by atomic mass is 32.2. The van der Waals surface area contributed by atoms with E-state index in [-0.39, 0.29) is 10.7 Å². The molecule has 4 nitrogen and oxygen atoms in total. The monoisotopic (exact) mass is 386 g/mol. The summed E-state index contributed by atoms with van der Waals surface area (Å²) < 4.78 is 47.1. The maximum atomic E-state index is 12.9. The van der Waals surface area contributed by atoms with Crippen molar-refractivity contribution in [2.45, 2.75) is 18.1 Å². The molecule has 3 rings (SSSR count). The molecule has 0 aromatic heterocycles. The number of rotatable bonds is 7. The summed E-state index contributed by atoms with van der Waals surface area (Å²) in [4.78, 5) is 0.262. The topological polar surface area (TPSA) is 52.6 Å². The Hall–Kier alpha value is -2.86. The van der Waals surface area contributed by atoms with Crippen LogP contribution in [0, 0.1) is 5.82 Å². The quantitative estimate of drug-likeness (QED) is 0.604. The third kappa shape index (κ3) is 5.56. The molecular weight excluding hydrogens is 367 g/mol. The van der Waals surface area contributed by atoms with Crippen LogP contribution in [-0.4, -0.2) is 14.7 Å². The average Bonchev–Trinajstić information content (AvgIpc) is 2.66. The molecule has 0 saturated carbocycles. The third-order valence-electron chi connectivity index (χ3n) is 3.90. The molecule has 0 aliphatic heterocycles. The summed E-state index contributed by atoms with van der Waals surface area (Å²) in [5.74, 6) is 1.04. The zero-order valence-corrected chi connectivity index (χ0v) is 15.6. The number of hydrogen-bond donors (Lipinski definition) is 0. The molecule has 27 heavy (non-hydrogen) atoms. The van der Waals surface area contributed by atoms with Gasteiger partial charge in [0.25, 0.3) is 0 Å². The molecule has 0 radical (unpaired) electrons. The smallest absolute Gasteiger partial charge is 0.175 e. The molecule has 0 saturated heterocycles. The Morgan fingerprint density at radius 1 is 0.704 bits per heavy atom. The SMILES string of the molecule is CS(=O)(=O)c1ccc(OCc2ccc(OCc3ccc(F)cc3)cc2)cc1. The van der Waals surface area contributed by atoms with Crippen LogP contribution in [0.15, 0.2) is 77.7 Å². The molecule has 3 aromatic carbocycles. The first-order valence-corrected chi connectivity index (χ1v) is 10.2. The van der Waals surface area contributed by atoms with Crippen molar-refractivity contribution in [3.05, 3.63) is 89.7 Å². The Morgan fingerprint density at radius 3 is 1.56 bits per heavy atom. The lowest BCUT2D eigenvalue weighted by molar-refractivity contribution is 0.300. The molecule has 0 aliphatic carbocycles. The van der Waals surface area contributed by atoms with Crippen LogP contribution < -0.4 is 9.47 Å². The lowest BCUT2D eigenvalue weighted by Gasteiger charge is -2.09. The Labute approximate surface area is 158 Å². The first-order valence-electron chi connectivity index (χ1n) is 8.29. The number of hydrogen-bond acceptors (Lipinski definition) is 4. The Bertz CT molecular complexity index is 980. The van der Waals surface area contributed by atoms with E-state index in [1.807, 2.05) is 24.3 Å². The molecule has 6 heteroatoms. The molecule has 0 aliphatic rings. The van der Waals surface area contributed by atoms with Crippen molar-refractivity contribution >= 4 is 9.84 Å². The van der Waals surface area contributed by atoms with Crippen LogP contribution in [0.2, 0.25) is 0 Å². The standard InChI is InChI=1S/C21H19FO4S/c1-27(23,24)21-12-10-20(11-13-21)26-15-17-4-8-19(9-5-17)25-14-16-2-6-18(22)7-3-16/h2-13H,14-15H2,1H3. The second kappa shape index (κ2) is 8.22. The van der Waals surface area contributed by atoms with E-state index in [9.17, 15) is 12.8 Å². The minimum Gasteiger partial charge on any atom is -0.489 e. The average molecular weight is 386 g/mol. The van der Waals surface area contributed by atoms with Crippen LogP contribution in [0.4, 0.5) is 4.39 Å². The second-order valence-corrected chi connectivity index (χ2v) is 8.11. The van der Waals surface area contributed by atoms with Gasteiger partial charge < -0.3 is 9.47 Å². The highest BCUT2D eigenvalue weighted by Crippen LogP contribution is 2.19. The first-order chi connectivity index (χ1) is 12.9. The summed E-state index contributed by atoms with van der Waals surface area (Å²) in [5, 5.41) is 0. The normalized spacial score (nSPS) is 11.2. The van der Waals surface area contributed by atoms with Gasteiger partial charge in [0.2, 0.25) is 0 Å². The highest BCUT2D eigenvalue weighted by Gasteiger charge is 2.06. The van der Waals surface area contributed by atoms with Gasteiger partial charge in [-0.2, -0.15) is 0 Å². The van der Waals surface area contributed by atoms with Crippen molar-refractivity contribution in [1.29, 1.82) is 0 Å². The predicted molar refractivity (Wildman–Crippen MR) is 101 cm³/mol. The van der Waals surface area contributed by atoms with Crippen molar-refractivity contribution in [2.24, 2.45) is 0 Å². The van der Waals surface area contributed by atoms with E-state index in [4.69, 9.17) is 9.47 Å². The number of ether oxygens (including phenoxy) is 2. The fourth-order valence-electron chi connectivity index (χ4n) is 2.38. The van der Waals surface area contributed by atoms with E-state index in [1.165, 1.54) is 30.5 Å². The van der Waals surface area contributed by atoms with Crippen LogP contribution in [0.5, 0.6) is 11.5 Å². The minimum absolute atomic E-state index is 0.262. The van der Waals surface area contributed by atoms with Crippen LogP contribution in [0.25, 0.3) is 0 Å². The minimum atomic E-state index is -3.21. The maximum absolute atomic E-state index is 12.9. The van der Waals surface area contributed by atoms with Gasteiger partial charge in [-0.3, -0.25) is 0 Å². The largest absolute Gasteiger partial charge is 0.489 e. The number of benzene rings is 3. The van der Waals surface area contributed by atoms with E-state index in [1.54, 1.807) is 24.3 Å². The van der Waals surface area contributed by atoms with Crippen molar-refractivity contribution < 1.29 is 22.3 Å². The molecule has 140 valence electrons. The molecular formula is C21H19FO4S. The van der Waals surface area contributed by atoms with Crippen molar-refractivity contribution in [1.82, 2.24) is 0 Å². The van der Waals surface area contributed by atoms with Gasteiger partial charge in [0.15, 0.2) is 9.84 Å². The molecule has 0 spiro atoms. The Balaban J connectivity index is 1.52. The van der Waals surface area contributed by atoms with E-state index in [0.717, 1.165) is 11.1 Å². The van der Waals surface area contributed by atoms with E-state index in [2.05, 4.69) is 0 Å². The van der Waals surface area contributed by atoms with Gasteiger partial charge in [-0.15, -0.1) is 0 Å². The molecule has 0 bridgehead atoms. The molecule has 0 N–H and O–H groups in total. The van der Waals surface area contributed by atoms with E-state index in [0.29, 0.717) is 24.7 Å². The molecule has 3 aromatic rings. The Kier molecular flexibility index (Phi) is 5.76. The summed E-state index contributed by atoms with van der Waals surface area (Å²) >= 11 is 0. The van der Waals surface area contributed by atoms with Crippen LogP contribution in [0.3, 0.4) is 0 Å². The first kappa shape index (κ1) is 18.9. The fraction of sp³-hybridized carbons (Fsp3) is 0.143. The second-order valence-electron chi connectivity index (χ2n) is 6.09. The van der Waals surface area contributed by atoms with Gasteiger partial charge in [-0.1, -0.05) is 24.3 Å². The van der Waals surface area contributed by atoms with Gasteiger partial charge in [0.05, 0.1) is 4.90 Å². The van der Waals surface area contributed by atoms with Crippen molar-refractivity contribution in [3.63, 3.8) is 0 Å². The van der Waals surface area contributed by atoms with Gasteiger partial charge in [0.1, 0.15) is 30.5 Å². The van der Waals surface area contributed by atoms with Crippen LogP contribution >= 0.6 is 0 Å². The van der Waals surface area contributed by atoms with Gasteiger partial charge in [0, 0.05) is 6.26 Å². The molecule has 0 amide bonds. The Morgan fingerprint density at radius 2 is 1.11 bits per heavy atom. The highest BCUT2D eigenvalue weighted by molar-refractivity contribution is 7.90. The van der Waals surface area contributed by atoms with Crippen LogP contribution in [-0.2, 0) is 23.1 Å². The van der Waals surface area contributed by atoms with E-state index >= 15 is 0 Å². The van der Waals surface area contributed by atoms with Gasteiger partial charge in [-0.05, 0) is 59.7 Å². The van der Waals surface area contributed by atoms with Crippen LogP contribution in [0.1, 0.15) is 11.1 Å². The van der Waals surface area contributed by atoms with Crippen molar-refractivity contribution in [3.8, 4) is 11.5 Å². The fourth-order valence-corrected chi connectivity index (χ4v) is 3.01. The van der Waals surface area contributed by atoms with E-state index < -0.39 is 9.84 Å². The zero-order chi connectivity index (χ0) is 19.3. The number of sulfone groups is 1. The summed E-state index contributed by atoms with van der Waals surface area (Å²) in [6, 6.07) is 20.0. The third-order valence-corrected chi connectivity index (χ3v) is 5.03. The summed E-state index contributed by atoms with van der Waals surface area (Å²) in [5.41, 5.74) is 1.85. The molecule has 0 unspecified atom stereocenters. The van der Waals surface area contributed by atoms with Gasteiger partial charge >= 0.3 is 0 Å². The lowest BCUT2D eigenvalue weighted by atomic mass is 10.2. The summed E-state index contributed by atoms with van der Waals surface area (Å²) in [6.45, 7) is 0.722.